The number of hydrogen-bond donors (Lipinski definition) is 0. The topological polar surface area (TPSA) is 11.4 Å². The third kappa shape index (κ3) is 6.53. The minimum atomic E-state index is -0.835. The van der Waals surface area contributed by atoms with E-state index in [1.54, 1.807) is 4.57 Å². The maximum absolute atomic E-state index is 10.1. The van der Waals surface area contributed by atoms with Crippen LogP contribution in [0.25, 0.3) is 94.3 Å². The second kappa shape index (κ2) is 19.2. The molecule has 0 saturated heterocycles. The van der Waals surface area contributed by atoms with Gasteiger partial charge in [0.05, 0.1) is 49.9 Å². The second-order valence-corrected chi connectivity index (χ2v) is 26.2. The van der Waals surface area contributed by atoms with Crippen LogP contribution in [-0.2, 0) is 10.8 Å². The van der Waals surface area contributed by atoms with E-state index in [4.69, 9.17) is 0 Å². The van der Waals surface area contributed by atoms with Crippen LogP contribution in [0.15, 0.2) is 340 Å². The molecule has 6 aliphatic rings. The van der Waals surface area contributed by atoms with Gasteiger partial charge in [-0.05, 0) is 165 Å². The van der Waals surface area contributed by atoms with E-state index in [2.05, 4.69) is 301 Å². The number of benzene rings is 15. The first-order chi connectivity index (χ1) is 51.0. The molecule has 22 rings (SSSR count). The Morgan fingerprint density at radius 1 is 0.271 bits per heavy atom. The zero-order valence-corrected chi connectivity index (χ0v) is 51.6. The first-order valence-electron chi connectivity index (χ1n) is 37.0. The van der Waals surface area contributed by atoms with Crippen molar-refractivity contribution in [3.8, 4) is 72.4 Å². The summed E-state index contributed by atoms with van der Waals surface area (Å²) in [4.78, 5) is 4.94. The maximum atomic E-state index is 10.1. The SMILES string of the molecule is [2H]c1c([2H])c([2H])c2c(c1[2H])c1c([2H])c([2H])c([2H])c([2H])c1n2-c1cc2c3c(c1)N(c1cccc4c1C1(c5ccccc5-c5ccccc51)c1ccccc1-4)c1ccc(-c4ccccc4)cc1B3c1cc(-c3ccccc3)ccc1N2c1cccc2c1C1(c3ccccc3-c3ccccc31)c1ccccc1-2. The molecule has 2 aliphatic heterocycles. The minimum Gasteiger partial charge on any atom is -0.311 e. The molecular weight excluding hydrogens is 1160 g/mol. The summed E-state index contributed by atoms with van der Waals surface area (Å²) in [7, 11) is 0. The lowest BCUT2D eigenvalue weighted by Crippen LogP contribution is -2.61. The van der Waals surface area contributed by atoms with Crippen molar-refractivity contribution in [1.29, 1.82) is 0 Å². The highest BCUT2D eigenvalue weighted by molar-refractivity contribution is 7.00. The molecule has 3 nitrogen and oxygen atoms in total. The van der Waals surface area contributed by atoms with Crippen molar-refractivity contribution in [2.45, 2.75) is 10.8 Å². The zero-order chi connectivity index (χ0) is 69.5. The zero-order valence-electron chi connectivity index (χ0n) is 59.6. The van der Waals surface area contributed by atoms with E-state index in [-0.39, 0.29) is 33.9 Å². The molecule has 442 valence electrons. The number of nitrogens with zero attached hydrogens (tertiary/aromatic N) is 3. The highest BCUT2D eigenvalue weighted by atomic mass is 15.2. The van der Waals surface area contributed by atoms with Crippen molar-refractivity contribution in [3.05, 3.63) is 384 Å². The third-order valence-corrected chi connectivity index (χ3v) is 22.0. The number of rotatable bonds is 5. The van der Waals surface area contributed by atoms with E-state index < -0.39 is 53.8 Å². The Labute approximate surface area is 568 Å². The molecule has 3 heterocycles. The van der Waals surface area contributed by atoms with Crippen LogP contribution in [0.2, 0.25) is 0 Å². The molecule has 0 N–H and O–H groups in total. The maximum Gasteiger partial charge on any atom is 0.252 e. The highest BCUT2D eigenvalue weighted by Gasteiger charge is 2.57. The molecular formula is C92H56BN3. The Morgan fingerprint density at radius 3 is 0.990 bits per heavy atom. The first-order valence-corrected chi connectivity index (χ1v) is 33.0. The fourth-order valence-corrected chi connectivity index (χ4v) is 18.6. The average Bonchev–Trinajstić information content (AvgIpc) is 1.33. The van der Waals surface area contributed by atoms with Crippen molar-refractivity contribution < 1.29 is 11.0 Å². The van der Waals surface area contributed by atoms with Gasteiger partial charge in [-0.15, -0.1) is 0 Å². The Hall–Kier alpha value is -12.2. The van der Waals surface area contributed by atoms with Crippen LogP contribution in [0.5, 0.6) is 0 Å². The number of anilines is 6. The monoisotopic (exact) mass is 1220 g/mol. The van der Waals surface area contributed by atoms with Gasteiger partial charge in [0.15, 0.2) is 0 Å². The van der Waals surface area contributed by atoms with E-state index in [1.165, 1.54) is 33.4 Å². The summed E-state index contributed by atoms with van der Waals surface area (Å²) < 4.78 is 79.0. The summed E-state index contributed by atoms with van der Waals surface area (Å²) in [6.07, 6.45) is 0. The van der Waals surface area contributed by atoms with Gasteiger partial charge < -0.3 is 14.4 Å². The Morgan fingerprint density at radius 2 is 0.604 bits per heavy atom. The molecule has 2 spiro atoms. The molecule has 1 aromatic heterocycles. The molecule has 15 aromatic carbocycles. The van der Waals surface area contributed by atoms with Crippen LogP contribution in [0.4, 0.5) is 34.1 Å². The van der Waals surface area contributed by atoms with Crippen LogP contribution in [0.3, 0.4) is 0 Å². The van der Waals surface area contributed by atoms with Gasteiger partial charge in [-0.2, -0.15) is 0 Å². The number of para-hydroxylation sites is 2. The van der Waals surface area contributed by atoms with Crippen molar-refractivity contribution in [3.63, 3.8) is 0 Å². The summed E-state index contributed by atoms with van der Waals surface area (Å²) in [5.74, 6) is 0. The van der Waals surface area contributed by atoms with Gasteiger partial charge in [0.2, 0.25) is 0 Å². The van der Waals surface area contributed by atoms with Gasteiger partial charge >= 0.3 is 0 Å². The minimum absolute atomic E-state index is 0.00632. The summed E-state index contributed by atoms with van der Waals surface area (Å²) in [5, 5.41) is 0.0126. The van der Waals surface area contributed by atoms with Crippen LogP contribution in [0.1, 0.15) is 55.5 Å². The lowest BCUT2D eigenvalue weighted by Gasteiger charge is -2.46. The fourth-order valence-electron chi connectivity index (χ4n) is 18.6. The van der Waals surface area contributed by atoms with E-state index >= 15 is 0 Å². The number of aromatic nitrogens is 1. The van der Waals surface area contributed by atoms with Crippen LogP contribution >= 0.6 is 0 Å². The fraction of sp³-hybridized carbons (Fsp3) is 0.0217. The Balaban J connectivity index is 0.949. The predicted octanol–water partition coefficient (Wildman–Crippen LogP) is 20.9. The number of hydrogen-bond acceptors (Lipinski definition) is 2. The van der Waals surface area contributed by atoms with Crippen LogP contribution in [-0.4, -0.2) is 11.3 Å². The molecule has 0 atom stereocenters. The first kappa shape index (κ1) is 45.1. The smallest absolute Gasteiger partial charge is 0.252 e. The van der Waals surface area contributed by atoms with E-state index in [9.17, 15) is 11.0 Å². The van der Waals surface area contributed by atoms with Crippen LogP contribution in [0, 0.1) is 0 Å². The van der Waals surface area contributed by atoms with Crippen molar-refractivity contribution >= 4 is 79.0 Å². The van der Waals surface area contributed by atoms with Crippen molar-refractivity contribution in [1.82, 2.24) is 4.57 Å². The van der Waals surface area contributed by atoms with Gasteiger partial charge in [-0.1, -0.05) is 291 Å². The van der Waals surface area contributed by atoms with E-state index in [1.807, 2.05) is 0 Å². The molecule has 96 heavy (non-hydrogen) atoms. The van der Waals surface area contributed by atoms with Gasteiger partial charge in [-0.25, -0.2) is 0 Å². The molecule has 0 unspecified atom stereocenters. The van der Waals surface area contributed by atoms with E-state index in [0.717, 1.165) is 128 Å². The molecule has 0 bridgehead atoms. The summed E-state index contributed by atoms with van der Waals surface area (Å²) in [6, 6.07) is 103. The molecule has 0 amide bonds. The predicted molar refractivity (Wildman–Crippen MR) is 398 cm³/mol. The van der Waals surface area contributed by atoms with Gasteiger partial charge in [0, 0.05) is 44.6 Å². The third-order valence-electron chi connectivity index (χ3n) is 22.0. The normalized spacial score (nSPS) is 15.5. The standard InChI is InChI=1S/C92H56BN3/c1-3-25-57(26-4-1)59-49-51-82-78(53-59)93-79-54-60(58-27-5-2-6-28-58)50-52-83(79)96(85-48-24-38-71-67-34-12-20-44-77(67)92(89(71)85)74-41-17-9-31-64(74)65-32-10-18-42-75(65)92)87-56-61(94-80-45-21-13-35-68(80)69-36-14-22-46-81(69)94)55-86(90(87)93)95(82)84-47-23-37-70-66-33-11-19-43-76(66)91(88(70)84)72-39-15-7-29-62(72)63-30-8-16-40-73(63)91/h1-56H/i13D,14D,21D,22D,35D,36D,45D,46D. The largest absolute Gasteiger partial charge is 0.311 e. The summed E-state index contributed by atoms with van der Waals surface area (Å²) in [5.41, 5.74) is 29.8. The van der Waals surface area contributed by atoms with Gasteiger partial charge in [-0.3, -0.25) is 0 Å². The molecule has 0 radical (unpaired) electrons. The highest BCUT2D eigenvalue weighted by Crippen LogP contribution is 2.68. The van der Waals surface area contributed by atoms with Crippen molar-refractivity contribution in [2.75, 3.05) is 9.80 Å². The lowest BCUT2D eigenvalue weighted by molar-refractivity contribution is 0.792. The summed E-state index contributed by atoms with van der Waals surface area (Å²) >= 11 is 0. The van der Waals surface area contributed by atoms with E-state index in [0.29, 0.717) is 5.69 Å². The van der Waals surface area contributed by atoms with Gasteiger partial charge in [0.25, 0.3) is 6.71 Å². The average molecular weight is 1220 g/mol. The second-order valence-electron chi connectivity index (χ2n) is 26.2. The number of fused-ring (bicyclic) bond motifs is 27. The quantitative estimate of drug-likeness (QED) is 0.159. The molecule has 0 saturated carbocycles. The molecule has 4 heteroatoms. The molecule has 0 fully saturated rings. The summed E-state index contributed by atoms with van der Waals surface area (Å²) in [6.45, 7) is -0.488. The Bertz CT molecular complexity index is 6070. The van der Waals surface area contributed by atoms with Gasteiger partial charge in [0.1, 0.15) is 0 Å². The lowest BCUT2D eigenvalue weighted by atomic mass is 9.33. The molecule has 16 aromatic rings. The molecule has 4 aliphatic carbocycles. The van der Waals surface area contributed by atoms with Crippen LogP contribution < -0.4 is 26.2 Å². The van der Waals surface area contributed by atoms with Crippen molar-refractivity contribution in [2.24, 2.45) is 0 Å². The Kier molecular flexibility index (Phi) is 9.02.